The molecular formula is C11H12ClN3S2. The molecule has 0 atom stereocenters. The van der Waals surface area contributed by atoms with Crippen LogP contribution in [0.3, 0.4) is 0 Å². The summed E-state index contributed by atoms with van der Waals surface area (Å²) < 4.78 is 0.981. The highest BCUT2D eigenvalue weighted by molar-refractivity contribution is 8.01. The molecule has 0 bridgehead atoms. The molecule has 0 aliphatic rings. The van der Waals surface area contributed by atoms with Gasteiger partial charge in [0.15, 0.2) is 4.34 Å². The Labute approximate surface area is 114 Å². The van der Waals surface area contributed by atoms with E-state index in [2.05, 4.69) is 22.4 Å². The fraction of sp³-hybridized carbons (Fsp3) is 0.273. The van der Waals surface area contributed by atoms with Crippen LogP contribution in [-0.4, -0.2) is 16.0 Å². The SMILES string of the molecule is CCSc1nnc(Nc2cccc(Cl)c2C)s1. The maximum absolute atomic E-state index is 6.06. The topological polar surface area (TPSA) is 37.8 Å². The Morgan fingerprint density at radius 2 is 2.24 bits per heavy atom. The molecule has 90 valence electrons. The van der Waals surface area contributed by atoms with Crippen molar-refractivity contribution in [2.24, 2.45) is 0 Å². The van der Waals surface area contributed by atoms with Gasteiger partial charge in [0.2, 0.25) is 5.13 Å². The molecule has 0 spiro atoms. The van der Waals surface area contributed by atoms with Crippen molar-refractivity contribution in [3.05, 3.63) is 28.8 Å². The molecule has 0 fully saturated rings. The van der Waals surface area contributed by atoms with Crippen molar-refractivity contribution in [2.75, 3.05) is 11.1 Å². The Morgan fingerprint density at radius 3 is 3.00 bits per heavy atom. The molecular weight excluding hydrogens is 274 g/mol. The number of hydrogen-bond donors (Lipinski definition) is 1. The van der Waals surface area contributed by atoms with E-state index < -0.39 is 0 Å². The number of anilines is 2. The third-order valence-electron chi connectivity index (χ3n) is 2.18. The Kier molecular flexibility index (Phi) is 4.25. The average Bonchev–Trinajstić information content (AvgIpc) is 2.73. The summed E-state index contributed by atoms with van der Waals surface area (Å²) in [6.45, 7) is 4.08. The number of nitrogens with one attached hydrogen (secondary N) is 1. The largest absolute Gasteiger partial charge is 0.330 e. The number of rotatable bonds is 4. The first kappa shape index (κ1) is 12.7. The van der Waals surface area contributed by atoms with Crippen molar-refractivity contribution in [3.63, 3.8) is 0 Å². The first-order valence-corrected chi connectivity index (χ1v) is 7.37. The summed E-state index contributed by atoms with van der Waals surface area (Å²) in [5.41, 5.74) is 2.00. The van der Waals surface area contributed by atoms with Crippen molar-refractivity contribution in [1.29, 1.82) is 0 Å². The number of thioether (sulfide) groups is 1. The van der Waals surface area contributed by atoms with E-state index in [0.717, 1.165) is 31.5 Å². The van der Waals surface area contributed by atoms with Crippen molar-refractivity contribution >= 4 is 45.5 Å². The lowest BCUT2D eigenvalue weighted by molar-refractivity contribution is 1.01. The van der Waals surface area contributed by atoms with Gasteiger partial charge in [0, 0.05) is 10.7 Å². The third kappa shape index (κ3) is 3.12. The second-order valence-corrected chi connectivity index (χ2v) is 6.24. The van der Waals surface area contributed by atoms with Crippen molar-refractivity contribution < 1.29 is 0 Å². The van der Waals surface area contributed by atoms with Crippen LogP contribution in [-0.2, 0) is 0 Å². The van der Waals surface area contributed by atoms with Gasteiger partial charge >= 0.3 is 0 Å². The van der Waals surface area contributed by atoms with E-state index in [1.165, 1.54) is 0 Å². The van der Waals surface area contributed by atoms with Gasteiger partial charge < -0.3 is 5.32 Å². The molecule has 1 N–H and O–H groups in total. The Hall–Kier alpha value is -0.780. The van der Waals surface area contributed by atoms with E-state index in [1.54, 1.807) is 23.1 Å². The average molecular weight is 286 g/mol. The van der Waals surface area contributed by atoms with Crippen LogP contribution in [0.5, 0.6) is 0 Å². The number of aromatic nitrogens is 2. The standard InChI is InChI=1S/C11H12ClN3S2/c1-3-16-11-15-14-10(17-11)13-9-6-4-5-8(12)7(9)2/h4-6H,3H2,1-2H3,(H,13,14). The van der Waals surface area contributed by atoms with Crippen LogP contribution in [0.2, 0.25) is 5.02 Å². The second kappa shape index (κ2) is 5.71. The normalized spacial score (nSPS) is 10.5. The van der Waals surface area contributed by atoms with E-state index in [1.807, 2.05) is 25.1 Å². The van der Waals surface area contributed by atoms with Gasteiger partial charge in [0.05, 0.1) is 0 Å². The summed E-state index contributed by atoms with van der Waals surface area (Å²) in [7, 11) is 0. The highest BCUT2D eigenvalue weighted by Crippen LogP contribution is 2.30. The molecule has 0 saturated heterocycles. The van der Waals surface area contributed by atoms with Crippen molar-refractivity contribution in [1.82, 2.24) is 10.2 Å². The molecule has 1 heterocycles. The molecule has 17 heavy (non-hydrogen) atoms. The predicted molar refractivity (Wildman–Crippen MR) is 75.8 cm³/mol. The molecule has 6 heteroatoms. The summed E-state index contributed by atoms with van der Waals surface area (Å²) in [5.74, 6) is 1.00. The number of nitrogens with zero attached hydrogens (tertiary/aromatic N) is 2. The molecule has 2 rings (SSSR count). The summed E-state index contributed by atoms with van der Waals surface area (Å²) in [6, 6.07) is 5.77. The molecule has 0 unspecified atom stereocenters. The second-order valence-electron chi connectivity index (χ2n) is 3.34. The quantitative estimate of drug-likeness (QED) is 0.847. The van der Waals surface area contributed by atoms with Crippen LogP contribution in [0.25, 0.3) is 0 Å². The molecule has 3 nitrogen and oxygen atoms in total. The Morgan fingerprint density at radius 1 is 1.41 bits per heavy atom. The lowest BCUT2D eigenvalue weighted by Crippen LogP contribution is -1.92. The maximum atomic E-state index is 6.06. The molecule has 0 aliphatic heterocycles. The van der Waals surface area contributed by atoms with Gasteiger partial charge in [-0.1, -0.05) is 47.7 Å². The van der Waals surface area contributed by atoms with Crippen molar-refractivity contribution in [2.45, 2.75) is 18.2 Å². The minimum atomic E-state index is 0.752. The third-order valence-corrected chi connectivity index (χ3v) is 4.45. The predicted octanol–water partition coefficient (Wildman–Crippen LogP) is 4.36. The van der Waals surface area contributed by atoms with E-state index in [4.69, 9.17) is 11.6 Å². The lowest BCUT2D eigenvalue weighted by atomic mass is 10.2. The highest BCUT2D eigenvalue weighted by Gasteiger charge is 2.06. The molecule has 0 radical (unpaired) electrons. The van der Waals surface area contributed by atoms with E-state index in [9.17, 15) is 0 Å². The van der Waals surface area contributed by atoms with Gasteiger partial charge in [0.1, 0.15) is 0 Å². The van der Waals surface area contributed by atoms with E-state index >= 15 is 0 Å². The van der Waals surface area contributed by atoms with Crippen LogP contribution < -0.4 is 5.32 Å². The zero-order valence-corrected chi connectivity index (χ0v) is 11.9. The van der Waals surface area contributed by atoms with Crippen LogP contribution in [0.15, 0.2) is 22.5 Å². The number of benzene rings is 1. The van der Waals surface area contributed by atoms with E-state index in [-0.39, 0.29) is 0 Å². The summed E-state index contributed by atoms with van der Waals surface area (Å²) in [6.07, 6.45) is 0. The summed E-state index contributed by atoms with van der Waals surface area (Å²) in [5, 5.41) is 13.0. The van der Waals surface area contributed by atoms with Gasteiger partial charge in [-0.05, 0) is 30.4 Å². The van der Waals surface area contributed by atoms with Gasteiger partial charge in [-0.15, -0.1) is 10.2 Å². The summed E-state index contributed by atoms with van der Waals surface area (Å²) >= 11 is 9.30. The lowest BCUT2D eigenvalue weighted by Gasteiger charge is -2.06. The molecule has 2 aromatic rings. The molecule has 0 amide bonds. The number of halogens is 1. The van der Waals surface area contributed by atoms with Crippen LogP contribution in [0.4, 0.5) is 10.8 Å². The van der Waals surface area contributed by atoms with Crippen molar-refractivity contribution in [3.8, 4) is 0 Å². The maximum Gasteiger partial charge on any atom is 0.210 e. The van der Waals surface area contributed by atoms with E-state index in [0.29, 0.717) is 0 Å². The van der Waals surface area contributed by atoms with Crippen LogP contribution >= 0.6 is 34.7 Å². The Bertz CT molecular complexity index is 513. The van der Waals surface area contributed by atoms with Gasteiger partial charge in [-0.3, -0.25) is 0 Å². The first-order valence-electron chi connectivity index (χ1n) is 5.19. The molecule has 1 aromatic carbocycles. The zero-order chi connectivity index (χ0) is 12.3. The van der Waals surface area contributed by atoms with Gasteiger partial charge in [-0.25, -0.2) is 0 Å². The zero-order valence-electron chi connectivity index (χ0n) is 9.53. The van der Waals surface area contributed by atoms with Gasteiger partial charge in [0.25, 0.3) is 0 Å². The smallest absolute Gasteiger partial charge is 0.210 e. The first-order chi connectivity index (χ1) is 8.20. The highest BCUT2D eigenvalue weighted by atomic mass is 35.5. The van der Waals surface area contributed by atoms with Crippen LogP contribution in [0.1, 0.15) is 12.5 Å². The number of hydrogen-bond acceptors (Lipinski definition) is 5. The minimum Gasteiger partial charge on any atom is -0.330 e. The molecule has 0 saturated carbocycles. The summed E-state index contributed by atoms with van der Waals surface area (Å²) in [4.78, 5) is 0. The Balaban J connectivity index is 2.16. The van der Waals surface area contributed by atoms with Gasteiger partial charge in [-0.2, -0.15) is 0 Å². The monoisotopic (exact) mass is 285 g/mol. The fourth-order valence-electron chi connectivity index (χ4n) is 1.30. The molecule has 0 aliphatic carbocycles. The molecule has 1 aromatic heterocycles. The minimum absolute atomic E-state index is 0.752. The van der Waals surface area contributed by atoms with Crippen LogP contribution in [0, 0.1) is 6.92 Å². The fourth-order valence-corrected chi connectivity index (χ4v) is 3.14.